The van der Waals surface area contributed by atoms with Gasteiger partial charge in [0, 0.05) is 31.7 Å². The number of hydrogen-bond acceptors (Lipinski definition) is 3. The highest BCUT2D eigenvalue weighted by atomic mass is 16.5. The highest BCUT2D eigenvalue weighted by molar-refractivity contribution is 5.95. The molecule has 2 fully saturated rings. The summed E-state index contributed by atoms with van der Waals surface area (Å²) in [6.07, 6.45) is 1.57. The van der Waals surface area contributed by atoms with Crippen molar-refractivity contribution in [3.05, 3.63) is 42.0 Å². The fourth-order valence-corrected chi connectivity index (χ4v) is 3.64. The van der Waals surface area contributed by atoms with E-state index in [1.807, 2.05) is 24.0 Å². The van der Waals surface area contributed by atoms with Crippen molar-refractivity contribution in [1.82, 2.24) is 9.80 Å². The summed E-state index contributed by atoms with van der Waals surface area (Å²) >= 11 is 0. The van der Waals surface area contributed by atoms with Crippen molar-refractivity contribution in [3.63, 3.8) is 0 Å². The molecule has 2 aliphatic rings. The Hall–Kier alpha value is -2.30. The first-order chi connectivity index (χ1) is 11.4. The van der Waals surface area contributed by atoms with E-state index < -0.39 is 0 Å². The van der Waals surface area contributed by atoms with E-state index in [0.717, 1.165) is 18.4 Å². The zero-order valence-electron chi connectivity index (χ0n) is 14.4. The topological polar surface area (TPSA) is 49.9 Å². The van der Waals surface area contributed by atoms with E-state index in [1.165, 1.54) is 0 Å². The third-order valence-corrected chi connectivity index (χ3v) is 4.97. The van der Waals surface area contributed by atoms with Gasteiger partial charge in [-0.25, -0.2) is 0 Å². The number of benzene rings is 1. The largest absolute Gasteiger partial charge is 0.497 e. The van der Waals surface area contributed by atoms with Crippen molar-refractivity contribution in [2.24, 2.45) is 5.41 Å². The highest BCUT2D eigenvalue weighted by Crippen LogP contribution is 2.45. The second-order valence-electron chi connectivity index (χ2n) is 6.98. The predicted octanol–water partition coefficient (Wildman–Crippen LogP) is 2.34. The van der Waals surface area contributed by atoms with Gasteiger partial charge >= 0.3 is 0 Å². The molecule has 5 heteroatoms. The molecule has 2 amide bonds. The molecule has 0 spiro atoms. The first-order valence-corrected chi connectivity index (χ1v) is 8.32. The fraction of sp³-hybridized carbons (Fsp3) is 0.474. The Morgan fingerprint density at radius 1 is 1.12 bits per heavy atom. The summed E-state index contributed by atoms with van der Waals surface area (Å²) in [5.41, 5.74) is 1.49. The molecule has 1 saturated heterocycles. The van der Waals surface area contributed by atoms with Gasteiger partial charge < -0.3 is 14.5 Å². The maximum Gasteiger partial charge on any atom is 0.254 e. The van der Waals surface area contributed by atoms with E-state index in [-0.39, 0.29) is 17.2 Å². The lowest BCUT2D eigenvalue weighted by molar-refractivity contribution is -0.145. The Labute approximate surface area is 142 Å². The van der Waals surface area contributed by atoms with E-state index in [4.69, 9.17) is 4.74 Å². The highest BCUT2D eigenvalue weighted by Gasteiger charge is 2.44. The molecule has 0 unspecified atom stereocenters. The summed E-state index contributed by atoms with van der Waals surface area (Å²) in [7, 11) is 1.59. The summed E-state index contributed by atoms with van der Waals surface area (Å²) in [6.45, 7) is 8.27. The third-order valence-electron chi connectivity index (χ3n) is 4.97. The number of hydrogen-bond donors (Lipinski definition) is 0. The molecule has 1 aliphatic heterocycles. The minimum absolute atomic E-state index is 0.00997. The van der Waals surface area contributed by atoms with Gasteiger partial charge in [0.15, 0.2) is 0 Å². The fourth-order valence-electron chi connectivity index (χ4n) is 3.64. The zero-order valence-corrected chi connectivity index (χ0v) is 14.4. The number of methoxy groups -OCH3 is 1. The van der Waals surface area contributed by atoms with Gasteiger partial charge in [0.2, 0.25) is 5.91 Å². The van der Waals surface area contributed by atoms with Crippen LogP contribution in [0.1, 0.15) is 30.1 Å². The molecule has 128 valence electrons. The Balaban J connectivity index is 1.59. The predicted molar refractivity (Wildman–Crippen MR) is 92.0 cm³/mol. The first kappa shape index (κ1) is 16.6. The van der Waals surface area contributed by atoms with E-state index in [2.05, 4.69) is 6.58 Å². The van der Waals surface area contributed by atoms with Crippen LogP contribution in [0.4, 0.5) is 0 Å². The molecular weight excluding hydrogens is 304 g/mol. The molecule has 1 aliphatic carbocycles. The second kappa shape index (κ2) is 6.30. The number of allylic oxidation sites excluding steroid dienone is 1. The Morgan fingerprint density at radius 3 is 2.33 bits per heavy atom. The van der Waals surface area contributed by atoms with Gasteiger partial charge in [0.05, 0.1) is 12.5 Å². The van der Waals surface area contributed by atoms with Crippen LogP contribution in [0.15, 0.2) is 36.4 Å². The smallest absolute Gasteiger partial charge is 0.254 e. The standard InChI is InChI=1S/C19H24N2O3/c1-14-12-19(2,13-14)18(23)21-9-7-20(8-10-21)17(22)15-5-4-6-16(11-15)24-3/h4-6,11H,1,7-10,12-13H2,2-3H3. The van der Waals surface area contributed by atoms with Crippen molar-refractivity contribution in [3.8, 4) is 5.75 Å². The van der Waals surface area contributed by atoms with Crippen LogP contribution in [0, 0.1) is 5.41 Å². The molecule has 0 aromatic heterocycles. The van der Waals surface area contributed by atoms with Crippen molar-refractivity contribution < 1.29 is 14.3 Å². The minimum Gasteiger partial charge on any atom is -0.497 e. The van der Waals surface area contributed by atoms with Crippen molar-refractivity contribution in [1.29, 1.82) is 0 Å². The summed E-state index contributed by atoms with van der Waals surface area (Å²) in [5.74, 6) is 0.861. The van der Waals surface area contributed by atoms with Crippen molar-refractivity contribution in [2.75, 3.05) is 33.3 Å². The Kier molecular flexibility index (Phi) is 4.35. The molecular formula is C19H24N2O3. The number of nitrogens with zero attached hydrogens (tertiary/aromatic N) is 2. The Bertz CT molecular complexity index is 667. The monoisotopic (exact) mass is 328 g/mol. The summed E-state index contributed by atoms with van der Waals surface area (Å²) < 4.78 is 5.18. The van der Waals surface area contributed by atoms with Crippen LogP contribution < -0.4 is 4.74 Å². The van der Waals surface area contributed by atoms with Crippen LogP contribution in [-0.2, 0) is 4.79 Å². The van der Waals surface area contributed by atoms with Crippen LogP contribution >= 0.6 is 0 Å². The molecule has 5 nitrogen and oxygen atoms in total. The number of carbonyl (C=O) groups excluding carboxylic acids is 2. The van der Waals surface area contributed by atoms with Crippen molar-refractivity contribution in [2.45, 2.75) is 19.8 Å². The van der Waals surface area contributed by atoms with Gasteiger partial charge in [-0.3, -0.25) is 9.59 Å². The summed E-state index contributed by atoms with van der Waals surface area (Å²) in [5, 5.41) is 0. The van der Waals surface area contributed by atoms with Crippen LogP contribution in [-0.4, -0.2) is 54.9 Å². The quantitative estimate of drug-likeness (QED) is 0.800. The number of piperazine rings is 1. The molecule has 24 heavy (non-hydrogen) atoms. The average molecular weight is 328 g/mol. The van der Waals surface area contributed by atoms with Gasteiger partial charge in [-0.15, -0.1) is 0 Å². The van der Waals surface area contributed by atoms with E-state index in [9.17, 15) is 9.59 Å². The molecule has 3 rings (SSSR count). The molecule has 1 saturated carbocycles. The number of amides is 2. The second-order valence-corrected chi connectivity index (χ2v) is 6.98. The lowest BCUT2D eigenvalue weighted by Crippen LogP contribution is -2.55. The molecule has 1 heterocycles. The minimum atomic E-state index is -0.282. The summed E-state index contributed by atoms with van der Waals surface area (Å²) in [4.78, 5) is 28.9. The lowest BCUT2D eigenvalue weighted by atomic mass is 9.66. The van der Waals surface area contributed by atoms with Gasteiger partial charge in [-0.2, -0.15) is 0 Å². The number of rotatable bonds is 3. The number of carbonyl (C=O) groups is 2. The van der Waals surface area contributed by atoms with Crippen LogP contribution in [0.2, 0.25) is 0 Å². The van der Waals surface area contributed by atoms with E-state index >= 15 is 0 Å². The lowest BCUT2D eigenvalue weighted by Gasteiger charge is -2.44. The van der Waals surface area contributed by atoms with Crippen molar-refractivity contribution >= 4 is 11.8 Å². The van der Waals surface area contributed by atoms with Crippen LogP contribution in [0.3, 0.4) is 0 Å². The maximum atomic E-state index is 12.6. The normalized spacial score (nSPS) is 19.7. The van der Waals surface area contributed by atoms with E-state index in [0.29, 0.717) is 37.5 Å². The summed E-state index contributed by atoms with van der Waals surface area (Å²) in [6, 6.07) is 7.18. The molecule has 1 aromatic rings. The van der Waals surface area contributed by atoms with Crippen LogP contribution in [0.25, 0.3) is 0 Å². The van der Waals surface area contributed by atoms with E-state index in [1.54, 1.807) is 24.1 Å². The number of ether oxygens (including phenoxy) is 1. The van der Waals surface area contributed by atoms with Crippen LogP contribution in [0.5, 0.6) is 5.75 Å². The first-order valence-electron chi connectivity index (χ1n) is 8.32. The van der Waals surface area contributed by atoms with Gasteiger partial charge in [0.1, 0.15) is 5.75 Å². The molecule has 0 atom stereocenters. The maximum absolute atomic E-state index is 12.6. The molecule has 0 N–H and O–H groups in total. The zero-order chi connectivity index (χ0) is 17.3. The SMILES string of the molecule is C=C1CC(C)(C(=O)N2CCN(C(=O)c3cccc(OC)c3)CC2)C1. The Morgan fingerprint density at radius 2 is 1.75 bits per heavy atom. The molecule has 1 aromatic carbocycles. The molecule has 0 bridgehead atoms. The van der Waals surface area contributed by atoms with Gasteiger partial charge in [0.25, 0.3) is 5.91 Å². The van der Waals surface area contributed by atoms with Gasteiger partial charge in [-0.1, -0.05) is 25.1 Å². The van der Waals surface area contributed by atoms with Gasteiger partial charge in [-0.05, 0) is 31.0 Å². The average Bonchev–Trinajstić information content (AvgIpc) is 2.59. The third kappa shape index (κ3) is 3.03. The molecule has 0 radical (unpaired) electrons.